The Bertz CT molecular complexity index is 362. The third-order valence-electron chi connectivity index (χ3n) is 3.10. The summed E-state index contributed by atoms with van der Waals surface area (Å²) >= 11 is 5.85. The Morgan fingerprint density at radius 1 is 1.28 bits per heavy atom. The number of ether oxygens (including phenoxy) is 1. The highest BCUT2D eigenvalue weighted by Crippen LogP contribution is 2.23. The molecule has 0 spiro atoms. The van der Waals surface area contributed by atoms with Gasteiger partial charge in [0, 0.05) is 24.7 Å². The van der Waals surface area contributed by atoms with Crippen LogP contribution in [-0.4, -0.2) is 42.9 Å². The molecule has 0 aromatic heterocycles. The van der Waals surface area contributed by atoms with Gasteiger partial charge in [-0.25, -0.2) is 0 Å². The minimum atomic E-state index is -0.845. The lowest BCUT2D eigenvalue weighted by atomic mass is 9.95. The Morgan fingerprint density at radius 2 is 1.83 bits per heavy atom. The molecule has 1 aromatic rings. The third-order valence-corrected chi connectivity index (χ3v) is 3.35. The molecule has 3 nitrogen and oxygen atoms in total. The van der Waals surface area contributed by atoms with Crippen molar-refractivity contribution in [1.29, 1.82) is 0 Å². The van der Waals surface area contributed by atoms with E-state index in [4.69, 9.17) is 16.3 Å². The van der Waals surface area contributed by atoms with Crippen LogP contribution in [-0.2, 0) is 10.3 Å². The zero-order chi connectivity index (χ0) is 12.3. The average molecular weight is 292 g/mol. The molecular formula is C13H19Cl2NO2. The summed E-state index contributed by atoms with van der Waals surface area (Å²) in [6, 6.07) is 7.38. The largest absolute Gasteiger partial charge is 0.384 e. The van der Waals surface area contributed by atoms with Gasteiger partial charge in [-0.1, -0.05) is 23.7 Å². The second-order valence-corrected chi connectivity index (χ2v) is 5.11. The summed E-state index contributed by atoms with van der Waals surface area (Å²) < 4.78 is 5.29. The first-order valence-electron chi connectivity index (χ1n) is 5.86. The van der Waals surface area contributed by atoms with Crippen molar-refractivity contribution in [1.82, 2.24) is 4.90 Å². The van der Waals surface area contributed by atoms with Crippen LogP contribution in [0.15, 0.2) is 24.3 Å². The highest BCUT2D eigenvalue weighted by molar-refractivity contribution is 6.30. The van der Waals surface area contributed by atoms with Gasteiger partial charge in [0.25, 0.3) is 0 Å². The first-order chi connectivity index (χ1) is 8.08. The van der Waals surface area contributed by atoms with E-state index in [1.165, 1.54) is 0 Å². The van der Waals surface area contributed by atoms with Gasteiger partial charge in [0.2, 0.25) is 0 Å². The van der Waals surface area contributed by atoms with Gasteiger partial charge in [-0.15, -0.1) is 12.4 Å². The summed E-state index contributed by atoms with van der Waals surface area (Å²) in [6.07, 6.45) is 0. The zero-order valence-corrected chi connectivity index (χ0v) is 12.0. The molecule has 0 bridgehead atoms. The third kappa shape index (κ3) is 4.11. The van der Waals surface area contributed by atoms with Crippen molar-refractivity contribution in [2.24, 2.45) is 0 Å². The SMILES string of the molecule is CC(O)(CN1CCOCC1)c1ccc(Cl)cc1.Cl. The van der Waals surface area contributed by atoms with E-state index in [2.05, 4.69) is 4.90 Å². The minimum absolute atomic E-state index is 0. The molecule has 1 unspecified atom stereocenters. The van der Waals surface area contributed by atoms with Crippen molar-refractivity contribution < 1.29 is 9.84 Å². The van der Waals surface area contributed by atoms with Gasteiger partial charge in [-0.2, -0.15) is 0 Å². The van der Waals surface area contributed by atoms with Crippen LogP contribution in [0, 0.1) is 0 Å². The monoisotopic (exact) mass is 291 g/mol. The molecule has 1 aliphatic heterocycles. The van der Waals surface area contributed by atoms with E-state index in [0.29, 0.717) is 11.6 Å². The van der Waals surface area contributed by atoms with Crippen molar-refractivity contribution in [2.45, 2.75) is 12.5 Å². The van der Waals surface area contributed by atoms with Crippen molar-refractivity contribution in [3.8, 4) is 0 Å². The van der Waals surface area contributed by atoms with Crippen molar-refractivity contribution >= 4 is 24.0 Å². The van der Waals surface area contributed by atoms with Crippen LogP contribution in [0.3, 0.4) is 0 Å². The number of nitrogens with zero attached hydrogens (tertiary/aromatic N) is 1. The number of benzene rings is 1. The van der Waals surface area contributed by atoms with Gasteiger partial charge < -0.3 is 9.84 Å². The predicted octanol–water partition coefficient (Wildman–Crippen LogP) is 2.30. The van der Waals surface area contributed by atoms with E-state index in [-0.39, 0.29) is 12.4 Å². The summed E-state index contributed by atoms with van der Waals surface area (Å²) in [6.45, 7) is 5.71. The molecule has 1 N–H and O–H groups in total. The van der Waals surface area contributed by atoms with E-state index in [9.17, 15) is 5.11 Å². The zero-order valence-electron chi connectivity index (χ0n) is 10.4. The molecule has 1 heterocycles. The normalized spacial score (nSPS) is 19.9. The van der Waals surface area contributed by atoms with E-state index >= 15 is 0 Å². The molecule has 0 aliphatic carbocycles. The topological polar surface area (TPSA) is 32.7 Å². The molecule has 0 amide bonds. The Balaban J connectivity index is 0.00000162. The minimum Gasteiger partial charge on any atom is -0.384 e. The fourth-order valence-corrected chi connectivity index (χ4v) is 2.22. The smallest absolute Gasteiger partial charge is 0.0994 e. The van der Waals surface area contributed by atoms with Gasteiger partial charge >= 0.3 is 0 Å². The van der Waals surface area contributed by atoms with Crippen molar-refractivity contribution in [3.05, 3.63) is 34.9 Å². The summed E-state index contributed by atoms with van der Waals surface area (Å²) in [5, 5.41) is 11.2. The van der Waals surface area contributed by atoms with Crippen LogP contribution < -0.4 is 0 Å². The number of aliphatic hydroxyl groups is 1. The molecule has 1 fully saturated rings. The average Bonchev–Trinajstić information content (AvgIpc) is 2.30. The molecule has 1 atom stereocenters. The maximum absolute atomic E-state index is 10.5. The summed E-state index contributed by atoms with van der Waals surface area (Å²) in [4.78, 5) is 2.22. The second-order valence-electron chi connectivity index (χ2n) is 4.67. The standard InChI is InChI=1S/C13H18ClNO2.ClH/c1-13(16,10-15-6-8-17-9-7-15)11-2-4-12(14)5-3-11;/h2-5,16H,6-10H2,1H3;1H. The fraction of sp³-hybridized carbons (Fsp3) is 0.538. The molecule has 18 heavy (non-hydrogen) atoms. The van der Waals surface area contributed by atoms with E-state index < -0.39 is 5.60 Å². The molecular weight excluding hydrogens is 273 g/mol. The highest BCUT2D eigenvalue weighted by atomic mass is 35.5. The summed E-state index contributed by atoms with van der Waals surface area (Å²) in [5.41, 5.74) is 0.0514. The Hall–Kier alpha value is -0.320. The van der Waals surface area contributed by atoms with E-state index in [1.54, 1.807) is 0 Å². The molecule has 1 aromatic carbocycles. The fourth-order valence-electron chi connectivity index (χ4n) is 2.09. The van der Waals surface area contributed by atoms with Crippen LogP contribution in [0.1, 0.15) is 12.5 Å². The Morgan fingerprint density at radius 3 is 2.39 bits per heavy atom. The highest BCUT2D eigenvalue weighted by Gasteiger charge is 2.26. The number of β-amino-alcohol motifs (C(OH)–C–C–N with tert-alkyl or cyclic N) is 1. The molecule has 1 saturated heterocycles. The molecule has 5 heteroatoms. The van der Waals surface area contributed by atoms with Crippen molar-refractivity contribution in [2.75, 3.05) is 32.8 Å². The van der Waals surface area contributed by atoms with Crippen LogP contribution in [0.25, 0.3) is 0 Å². The first kappa shape index (κ1) is 15.7. The Labute approximate surface area is 119 Å². The number of hydrogen-bond donors (Lipinski definition) is 1. The van der Waals surface area contributed by atoms with Crippen LogP contribution >= 0.6 is 24.0 Å². The van der Waals surface area contributed by atoms with Crippen molar-refractivity contribution in [3.63, 3.8) is 0 Å². The number of rotatable bonds is 3. The van der Waals surface area contributed by atoms with Crippen LogP contribution in [0.5, 0.6) is 0 Å². The molecule has 2 rings (SSSR count). The van der Waals surface area contributed by atoms with Gasteiger partial charge in [-0.05, 0) is 24.6 Å². The summed E-state index contributed by atoms with van der Waals surface area (Å²) in [7, 11) is 0. The maximum Gasteiger partial charge on any atom is 0.0994 e. The maximum atomic E-state index is 10.5. The van der Waals surface area contributed by atoms with Crippen LogP contribution in [0.2, 0.25) is 5.02 Å². The quantitative estimate of drug-likeness (QED) is 0.928. The first-order valence-corrected chi connectivity index (χ1v) is 6.24. The van der Waals surface area contributed by atoms with E-state index in [0.717, 1.165) is 31.9 Å². The van der Waals surface area contributed by atoms with Crippen LogP contribution in [0.4, 0.5) is 0 Å². The number of hydrogen-bond acceptors (Lipinski definition) is 3. The summed E-state index contributed by atoms with van der Waals surface area (Å²) in [5.74, 6) is 0. The molecule has 1 aliphatic rings. The van der Waals surface area contributed by atoms with Gasteiger partial charge in [0.15, 0.2) is 0 Å². The second kappa shape index (κ2) is 6.73. The predicted molar refractivity (Wildman–Crippen MR) is 75.5 cm³/mol. The molecule has 0 radical (unpaired) electrons. The number of halogens is 2. The Kier molecular flexibility index (Phi) is 5.89. The van der Waals surface area contributed by atoms with Gasteiger partial charge in [0.05, 0.1) is 18.8 Å². The molecule has 0 saturated carbocycles. The lowest BCUT2D eigenvalue weighted by Crippen LogP contribution is -2.44. The number of morpholine rings is 1. The van der Waals surface area contributed by atoms with Gasteiger partial charge in [0.1, 0.15) is 0 Å². The van der Waals surface area contributed by atoms with E-state index in [1.807, 2.05) is 31.2 Å². The lowest BCUT2D eigenvalue weighted by molar-refractivity contribution is -0.0253. The van der Waals surface area contributed by atoms with Gasteiger partial charge in [-0.3, -0.25) is 4.90 Å². The molecule has 102 valence electrons. The lowest BCUT2D eigenvalue weighted by Gasteiger charge is -2.34.